The Hall–Kier alpha value is -1.95. The van der Waals surface area contributed by atoms with Crippen molar-refractivity contribution in [3.05, 3.63) is 34.4 Å². The molecular formula is C12H16N2O4. The van der Waals surface area contributed by atoms with Gasteiger partial charge in [0, 0.05) is 17.8 Å². The summed E-state index contributed by atoms with van der Waals surface area (Å²) in [6.07, 6.45) is -0.746. The van der Waals surface area contributed by atoms with Crippen LogP contribution in [0.15, 0.2) is 24.3 Å². The molecule has 0 saturated carbocycles. The second-order valence-electron chi connectivity index (χ2n) is 4.37. The van der Waals surface area contributed by atoms with Crippen LogP contribution >= 0.6 is 0 Å². The minimum absolute atomic E-state index is 0.0131. The molecule has 1 amide bonds. The number of nitro benzene ring substituents is 1. The monoisotopic (exact) mass is 252 g/mol. The van der Waals surface area contributed by atoms with E-state index in [1.165, 1.54) is 18.2 Å². The Balaban J connectivity index is 2.65. The van der Waals surface area contributed by atoms with Gasteiger partial charge in [0.15, 0.2) is 0 Å². The van der Waals surface area contributed by atoms with E-state index in [1.807, 2.05) is 13.8 Å². The highest BCUT2D eigenvalue weighted by atomic mass is 16.6. The molecule has 0 aliphatic rings. The molecule has 0 radical (unpaired) electrons. The minimum atomic E-state index is -0.719. The smallest absolute Gasteiger partial charge is 0.271 e. The average Bonchev–Trinajstić information content (AvgIpc) is 2.28. The van der Waals surface area contributed by atoms with Crippen molar-refractivity contribution in [3.63, 3.8) is 0 Å². The number of rotatable bonds is 5. The van der Waals surface area contributed by atoms with Crippen LogP contribution in [-0.4, -0.2) is 22.0 Å². The fourth-order valence-electron chi connectivity index (χ4n) is 1.33. The molecule has 0 heterocycles. The number of carbonyl (C=O) groups is 1. The summed E-state index contributed by atoms with van der Waals surface area (Å²) in [5.41, 5.74) is 0.266. The van der Waals surface area contributed by atoms with Gasteiger partial charge in [-0.3, -0.25) is 14.9 Å². The molecule has 98 valence electrons. The van der Waals surface area contributed by atoms with Crippen LogP contribution in [0.3, 0.4) is 0 Å². The van der Waals surface area contributed by atoms with Crippen molar-refractivity contribution < 1.29 is 14.8 Å². The van der Waals surface area contributed by atoms with Gasteiger partial charge in [-0.05, 0) is 12.0 Å². The number of non-ortho nitro benzene ring substituents is 1. The van der Waals surface area contributed by atoms with Gasteiger partial charge in [-0.1, -0.05) is 19.9 Å². The van der Waals surface area contributed by atoms with Crippen molar-refractivity contribution in [1.82, 2.24) is 0 Å². The molecule has 1 atom stereocenters. The third-order valence-corrected chi connectivity index (χ3v) is 2.50. The summed E-state index contributed by atoms with van der Waals surface area (Å²) in [5, 5.41) is 22.6. The van der Waals surface area contributed by atoms with Crippen LogP contribution in [0, 0.1) is 16.0 Å². The lowest BCUT2D eigenvalue weighted by atomic mass is 10.0. The first-order valence-electron chi connectivity index (χ1n) is 5.62. The molecule has 6 heteroatoms. The van der Waals surface area contributed by atoms with E-state index in [2.05, 4.69) is 5.32 Å². The summed E-state index contributed by atoms with van der Waals surface area (Å²) < 4.78 is 0. The number of nitro groups is 1. The van der Waals surface area contributed by atoms with E-state index in [-0.39, 0.29) is 23.9 Å². The fourth-order valence-corrected chi connectivity index (χ4v) is 1.33. The Kier molecular flexibility index (Phi) is 4.79. The Morgan fingerprint density at radius 2 is 2.17 bits per heavy atom. The van der Waals surface area contributed by atoms with Gasteiger partial charge in [0.1, 0.15) is 0 Å². The molecule has 1 aromatic carbocycles. The largest absolute Gasteiger partial charge is 0.392 e. The molecule has 0 bridgehead atoms. The van der Waals surface area contributed by atoms with E-state index in [4.69, 9.17) is 0 Å². The number of hydrogen-bond acceptors (Lipinski definition) is 4. The van der Waals surface area contributed by atoms with Gasteiger partial charge < -0.3 is 10.4 Å². The van der Waals surface area contributed by atoms with Crippen LogP contribution in [0.1, 0.15) is 20.3 Å². The molecule has 1 rings (SSSR count). The summed E-state index contributed by atoms with van der Waals surface area (Å²) >= 11 is 0. The highest BCUT2D eigenvalue weighted by molar-refractivity contribution is 5.91. The SMILES string of the molecule is CC(C)C(O)CC(=O)Nc1cccc([N+](=O)[O-])c1. The number of aliphatic hydroxyl groups excluding tert-OH is 1. The number of amides is 1. The molecule has 0 aliphatic carbocycles. The molecule has 0 fully saturated rings. The molecule has 0 saturated heterocycles. The summed E-state index contributed by atoms with van der Waals surface area (Å²) in [5.74, 6) is -0.377. The molecule has 0 aliphatic heterocycles. The van der Waals surface area contributed by atoms with Gasteiger partial charge in [-0.15, -0.1) is 0 Å². The van der Waals surface area contributed by atoms with E-state index in [9.17, 15) is 20.0 Å². The summed E-state index contributed by atoms with van der Waals surface area (Å²) in [7, 11) is 0. The molecular weight excluding hydrogens is 236 g/mol. The predicted molar refractivity (Wildman–Crippen MR) is 67.2 cm³/mol. The Morgan fingerprint density at radius 3 is 2.72 bits per heavy atom. The van der Waals surface area contributed by atoms with E-state index in [0.717, 1.165) is 0 Å². The normalized spacial score (nSPS) is 12.2. The molecule has 18 heavy (non-hydrogen) atoms. The van der Waals surface area contributed by atoms with Crippen molar-refractivity contribution in [2.75, 3.05) is 5.32 Å². The molecule has 0 spiro atoms. The van der Waals surface area contributed by atoms with Gasteiger partial charge in [0.25, 0.3) is 5.69 Å². The first-order valence-corrected chi connectivity index (χ1v) is 5.62. The van der Waals surface area contributed by atoms with Crippen LogP contribution in [0.2, 0.25) is 0 Å². The minimum Gasteiger partial charge on any atom is -0.392 e. The molecule has 2 N–H and O–H groups in total. The standard InChI is InChI=1S/C12H16N2O4/c1-8(2)11(15)7-12(16)13-9-4-3-5-10(6-9)14(17)18/h3-6,8,11,15H,7H2,1-2H3,(H,13,16). The van der Waals surface area contributed by atoms with Gasteiger partial charge in [0.05, 0.1) is 17.4 Å². The van der Waals surface area contributed by atoms with E-state index in [1.54, 1.807) is 6.07 Å². The van der Waals surface area contributed by atoms with Crippen molar-refractivity contribution in [2.45, 2.75) is 26.4 Å². The maximum absolute atomic E-state index is 11.6. The number of carbonyl (C=O) groups excluding carboxylic acids is 1. The third-order valence-electron chi connectivity index (χ3n) is 2.50. The number of benzene rings is 1. The first-order chi connectivity index (χ1) is 8.40. The van der Waals surface area contributed by atoms with Crippen LogP contribution < -0.4 is 5.32 Å². The van der Waals surface area contributed by atoms with E-state index < -0.39 is 11.0 Å². The molecule has 6 nitrogen and oxygen atoms in total. The van der Waals surface area contributed by atoms with Crippen LogP contribution in [0.25, 0.3) is 0 Å². The quantitative estimate of drug-likeness (QED) is 0.618. The van der Waals surface area contributed by atoms with Crippen molar-refractivity contribution >= 4 is 17.3 Å². The van der Waals surface area contributed by atoms with E-state index >= 15 is 0 Å². The Bertz CT molecular complexity index is 445. The molecule has 1 aromatic rings. The maximum Gasteiger partial charge on any atom is 0.271 e. The molecule has 1 unspecified atom stereocenters. The predicted octanol–water partition coefficient (Wildman–Crippen LogP) is 1.94. The summed E-state index contributed by atoms with van der Waals surface area (Å²) in [4.78, 5) is 21.6. The summed E-state index contributed by atoms with van der Waals surface area (Å²) in [6.45, 7) is 3.62. The fraction of sp³-hybridized carbons (Fsp3) is 0.417. The number of anilines is 1. The van der Waals surface area contributed by atoms with Crippen LogP contribution in [0.5, 0.6) is 0 Å². The zero-order chi connectivity index (χ0) is 13.7. The van der Waals surface area contributed by atoms with Gasteiger partial charge in [0.2, 0.25) is 5.91 Å². The van der Waals surface area contributed by atoms with Gasteiger partial charge in [-0.2, -0.15) is 0 Å². The number of hydrogen-bond donors (Lipinski definition) is 2. The van der Waals surface area contributed by atoms with Crippen LogP contribution in [-0.2, 0) is 4.79 Å². The van der Waals surface area contributed by atoms with Crippen molar-refractivity contribution in [2.24, 2.45) is 5.92 Å². The second kappa shape index (κ2) is 6.11. The average molecular weight is 252 g/mol. The lowest BCUT2D eigenvalue weighted by Gasteiger charge is -2.13. The summed E-state index contributed by atoms with van der Waals surface area (Å²) in [6, 6.07) is 5.68. The molecule has 0 aromatic heterocycles. The second-order valence-corrected chi connectivity index (χ2v) is 4.37. The highest BCUT2D eigenvalue weighted by Crippen LogP contribution is 2.17. The lowest BCUT2D eigenvalue weighted by Crippen LogP contribution is -2.23. The highest BCUT2D eigenvalue weighted by Gasteiger charge is 2.15. The Labute approximate surface area is 105 Å². The number of nitrogens with one attached hydrogen (secondary N) is 1. The lowest BCUT2D eigenvalue weighted by molar-refractivity contribution is -0.384. The maximum atomic E-state index is 11.6. The van der Waals surface area contributed by atoms with Crippen molar-refractivity contribution in [1.29, 1.82) is 0 Å². The van der Waals surface area contributed by atoms with Crippen LogP contribution in [0.4, 0.5) is 11.4 Å². The topological polar surface area (TPSA) is 92.5 Å². The first kappa shape index (κ1) is 14.1. The Morgan fingerprint density at radius 1 is 1.50 bits per heavy atom. The third kappa shape index (κ3) is 4.14. The van der Waals surface area contributed by atoms with Gasteiger partial charge >= 0.3 is 0 Å². The number of aliphatic hydroxyl groups is 1. The van der Waals surface area contributed by atoms with Gasteiger partial charge in [-0.25, -0.2) is 0 Å². The number of nitrogens with zero attached hydrogens (tertiary/aromatic N) is 1. The van der Waals surface area contributed by atoms with Crippen molar-refractivity contribution in [3.8, 4) is 0 Å². The van der Waals surface area contributed by atoms with E-state index in [0.29, 0.717) is 5.69 Å². The zero-order valence-electron chi connectivity index (χ0n) is 10.3. The zero-order valence-corrected chi connectivity index (χ0v) is 10.3.